The van der Waals surface area contributed by atoms with Crippen molar-refractivity contribution in [3.05, 3.63) is 81.7 Å². The molecule has 1 saturated carbocycles. The molecule has 1 aromatic heterocycles. The molecule has 2 N–H and O–H groups in total. The van der Waals surface area contributed by atoms with E-state index in [-0.39, 0.29) is 16.7 Å². The summed E-state index contributed by atoms with van der Waals surface area (Å²) in [6.45, 7) is 6.85. The molecular formula is C26H23F2N3S. The van der Waals surface area contributed by atoms with Crippen LogP contribution in [0.15, 0.2) is 60.6 Å². The summed E-state index contributed by atoms with van der Waals surface area (Å²) in [7, 11) is 0. The Balaban J connectivity index is 1.72. The van der Waals surface area contributed by atoms with E-state index in [1.807, 2.05) is 12.1 Å². The van der Waals surface area contributed by atoms with Crippen LogP contribution in [0.25, 0.3) is 22.8 Å². The molecule has 1 heterocycles. The van der Waals surface area contributed by atoms with Gasteiger partial charge in [-0.2, -0.15) is 5.26 Å². The zero-order valence-corrected chi connectivity index (χ0v) is 18.6. The van der Waals surface area contributed by atoms with E-state index in [1.165, 1.54) is 48.8 Å². The lowest BCUT2D eigenvalue weighted by Gasteiger charge is -2.38. The van der Waals surface area contributed by atoms with Gasteiger partial charge in [-0.3, -0.25) is 0 Å². The standard InChI is InChI=1S/C26H23F2N3S/c1-3-19-11-20(16-5-6-17(13-29)22(27)10-16)25(32-19)21-9-18(24(30)12-23(21)28)14-31-15-26(2)7-4-8-26/h3,5-6,9-12,14,30-31H,1,4,7-8,15H2,2H3/b18-14-,30-24?. The topological polar surface area (TPSA) is 59.7 Å². The van der Waals surface area contributed by atoms with Crippen molar-refractivity contribution in [3.8, 4) is 17.2 Å². The Labute approximate surface area is 190 Å². The molecule has 0 atom stereocenters. The highest BCUT2D eigenvalue weighted by atomic mass is 32.1. The average molecular weight is 448 g/mol. The van der Waals surface area contributed by atoms with Crippen LogP contribution >= 0.6 is 11.3 Å². The second kappa shape index (κ2) is 8.68. The third kappa shape index (κ3) is 4.21. The Morgan fingerprint density at radius 2 is 2.06 bits per heavy atom. The number of benzene rings is 1. The third-order valence-electron chi connectivity index (χ3n) is 6.08. The molecule has 1 aromatic carbocycles. The number of halogens is 2. The van der Waals surface area contributed by atoms with Gasteiger partial charge in [0, 0.05) is 45.3 Å². The molecule has 0 amide bonds. The van der Waals surface area contributed by atoms with Crippen LogP contribution in [0.1, 0.15) is 41.5 Å². The maximum Gasteiger partial charge on any atom is 0.141 e. The Kier molecular flexibility index (Phi) is 5.94. The lowest BCUT2D eigenvalue weighted by Crippen LogP contribution is -2.35. The molecule has 0 unspecified atom stereocenters. The van der Waals surface area contributed by atoms with Gasteiger partial charge < -0.3 is 10.7 Å². The van der Waals surface area contributed by atoms with Crippen molar-refractivity contribution in [2.75, 3.05) is 6.54 Å². The van der Waals surface area contributed by atoms with E-state index < -0.39 is 11.6 Å². The second-order valence-corrected chi connectivity index (χ2v) is 9.59. The van der Waals surface area contributed by atoms with Crippen molar-refractivity contribution in [1.82, 2.24) is 5.32 Å². The van der Waals surface area contributed by atoms with Crippen LogP contribution in [0.2, 0.25) is 0 Å². The normalized spacial score (nSPS) is 18.4. The Hall–Kier alpha value is -3.30. The quantitative estimate of drug-likeness (QED) is 0.501. The molecular weight excluding hydrogens is 424 g/mol. The van der Waals surface area contributed by atoms with E-state index in [9.17, 15) is 4.39 Å². The number of nitrogens with one attached hydrogen (secondary N) is 2. The summed E-state index contributed by atoms with van der Waals surface area (Å²) in [5.74, 6) is -1.13. The number of hydrogen-bond acceptors (Lipinski definition) is 4. The summed E-state index contributed by atoms with van der Waals surface area (Å²) in [4.78, 5) is 1.44. The molecule has 4 rings (SSSR count). The number of nitrogens with zero attached hydrogens (tertiary/aromatic N) is 1. The van der Waals surface area contributed by atoms with Crippen molar-refractivity contribution >= 4 is 28.7 Å². The molecule has 2 aromatic rings. The summed E-state index contributed by atoms with van der Waals surface area (Å²) in [5, 5.41) is 20.5. The van der Waals surface area contributed by atoms with E-state index in [2.05, 4.69) is 18.8 Å². The van der Waals surface area contributed by atoms with Crippen LogP contribution in [-0.2, 0) is 0 Å². The SMILES string of the molecule is C=Cc1cc(-c2ccc(C#N)c(F)c2)c(C2=C/C(=C/NCC3(C)CCC3)C(=N)C=C2F)s1. The molecule has 0 saturated heterocycles. The van der Waals surface area contributed by atoms with Gasteiger partial charge in [-0.05, 0) is 48.1 Å². The number of nitriles is 1. The van der Waals surface area contributed by atoms with Gasteiger partial charge in [-0.1, -0.05) is 32.1 Å². The van der Waals surface area contributed by atoms with E-state index in [0.29, 0.717) is 27.2 Å². The van der Waals surface area contributed by atoms with Crippen LogP contribution in [-0.4, -0.2) is 12.3 Å². The minimum Gasteiger partial charge on any atom is -0.390 e. The van der Waals surface area contributed by atoms with Crippen LogP contribution in [0.4, 0.5) is 8.78 Å². The van der Waals surface area contributed by atoms with Crippen LogP contribution < -0.4 is 5.32 Å². The number of thiophene rings is 1. The molecule has 2 aliphatic rings. The van der Waals surface area contributed by atoms with Gasteiger partial charge in [-0.25, -0.2) is 8.78 Å². The first kappa shape index (κ1) is 21.9. The van der Waals surface area contributed by atoms with Gasteiger partial charge in [0.05, 0.1) is 11.3 Å². The highest BCUT2D eigenvalue weighted by Gasteiger charge is 2.31. The van der Waals surface area contributed by atoms with Crippen molar-refractivity contribution in [3.63, 3.8) is 0 Å². The van der Waals surface area contributed by atoms with Crippen LogP contribution in [0, 0.1) is 28.0 Å². The first-order chi connectivity index (χ1) is 15.3. The van der Waals surface area contributed by atoms with E-state index >= 15 is 4.39 Å². The molecule has 2 aliphatic carbocycles. The predicted molar refractivity (Wildman–Crippen MR) is 127 cm³/mol. The maximum absolute atomic E-state index is 15.0. The third-order valence-corrected chi connectivity index (χ3v) is 7.25. The minimum atomic E-state index is -0.619. The fraction of sp³-hybridized carbons (Fsp3) is 0.231. The highest BCUT2D eigenvalue weighted by molar-refractivity contribution is 7.14. The summed E-state index contributed by atoms with van der Waals surface area (Å²) >= 11 is 1.35. The first-order valence-corrected chi connectivity index (χ1v) is 11.2. The fourth-order valence-electron chi connectivity index (χ4n) is 3.95. The molecule has 1 fully saturated rings. The summed E-state index contributed by atoms with van der Waals surface area (Å²) in [6, 6.07) is 8.03. The average Bonchev–Trinajstić information content (AvgIpc) is 3.18. The molecule has 0 aliphatic heterocycles. The van der Waals surface area contributed by atoms with Crippen molar-refractivity contribution < 1.29 is 8.78 Å². The van der Waals surface area contributed by atoms with Gasteiger partial charge in [0.15, 0.2) is 0 Å². The first-order valence-electron chi connectivity index (χ1n) is 10.4. The summed E-state index contributed by atoms with van der Waals surface area (Å²) < 4.78 is 29.3. The number of rotatable bonds is 6. The molecule has 3 nitrogen and oxygen atoms in total. The fourth-order valence-corrected chi connectivity index (χ4v) is 5.00. The minimum absolute atomic E-state index is 0.0395. The van der Waals surface area contributed by atoms with E-state index in [1.54, 1.807) is 24.4 Å². The molecule has 162 valence electrons. The molecule has 0 bridgehead atoms. The largest absolute Gasteiger partial charge is 0.390 e. The van der Waals surface area contributed by atoms with E-state index in [4.69, 9.17) is 10.7 Å². The lowest BCUT2D eigenvalue weighted by atomic mass is 9.70. The number of allylic oxidation sites excluding steroid dienone is 5. The maximum atomic E-state index is 15.0. The van der Waals surface area contributed by atoms with Crippen molar-refractivity contribution in [2.45, 2.75) is 26.2 Å². The van der Waals surface area contributed by atoms with Gasteiger partial charge in [0.2, 0.25) is 0 Å². The van der Waals surface area contributed by atoms with Gasteiger partial charge in [0.1, 0.15) is 17.7 Å². The van der Waals surface area contributed by atoms with Crippen molar-refractivity contribution in [2.24, 2.45) is 5.41 Å². The number of hydrogen-bond donors (Lipinski definition) is 2. The smallest absolute Gasteiger partial charge is 0.141 e. The molecule has 0 radical (unpaired) electrons. The Morgan fingerprint density at radius 1 is 1.28 bits per heavy atom. The van der Waals surface area contributed by atoms with Crippen LogP contribution in [0.3, 0.4) is 0 Å². The molecule has 6 heteroatoms. The summed E-state index contributed by atoms with van der Waals surface area (Å²) in [6.07, 6.45) is 9.92. The molecule has 32 heavy (non-hydrogen) atoms. The van der Waals surface area contributed by atoms with Crippen LogP contribution in [0.5, 0.6) is 0 Å². The zero-order chi connectivity index (χ0) is 22.9. The highest BCUT2D eigenvalue weighted by Crippen LogP contribution is 2.42. The van der Waals surface area contributed by atoms with E-state index in [0.717, 1.165) is 11.4 Å². The Morgan fingerprint density at radius 3 is 2.69 bits per heavy atom. The summed E-state index contributed by atoms with van der Waals surface area (Å²) in [5.41, 5.74) is 2.49. The monoisotopic (exact) mass is 447 g/mol. The van der Waals surface area contributed by atoms with Gasteiger partial charge in [-0.15, -0.1) is 11.3 Å². The zero-order valence-electron chi connectivity index (χ0n) is 17.8. The predicted octanol–water partition coefficient (Wildman–Crippen LogP) is 7.00. The van der Waals surface area contributed by atoms with Gasteiger partial charge in [0.25, 0.3) is 0 Å². The lowest BCUT2D eigenvalue weighted by molar-refractivity contribution is 0.163. The van der Waals surface area contributed by atoms with Crippen molar-refractivity contribution in [1.29, 1.82) is 10.7 Å². The Bertz CT molecular complexity index is 1240. The molecule has 0 spiro atoms. The van der Waals surface area contributed by atoms with Gasteiger partial charge >= 0.3 is 0 Å². The second-order valence-electron chi connectivity index (χ2n) is 8.51.